The van der Waals surface area contributed by atoms with Crippen molar-refractivity contribution in [2.75, 3.05) is 19.8 Å². The summed E-state index contributed by atoms with van der Waals surface area (Å²) in [7, 11) is 0. The lowest BCUT2D eigenvalue weighted by atomic mass is 10.1. The lowest BCUT2D eigenvalue weighted by molar-refractivity contribution is -0.0164. The van der Waals surface area contributed by atoms with Gasteiger partial charge in [-0.3, -0.25) is 0 Å². The van der Waals surface area contributed by atoms with E-state index in [4.69, 9.17) is 21.1 Å². The summed E-state index contributed by atoms with van der Waals surface area (Å²) >= 11 is 6.07. The van der Waals surface area contributed by atoms with Gasteiger partial charge < -0.3 is 14.8 Å². The van der Waals surface area contributed by atoms with Crippen molar-refractivity contribution in [3.63, 3.8) is 0 Å². The summed E-state index contributed by atoms with van der Waals surface area (Å²) in [5.41, 5.74) is 0.943. The molecule has 0 fully saturated rings. The van der Waals surface area contributed by atoms with Crippen LogP contribution in [0.5, 0.6) is 5.75 Å². The van der Waals surface area contributed by atoms with Gasteiger partial charge in [-0.25, -0.2) is 0 Å². The third kappa shape index (κ3) is 6.12. The molecule has 1 aromatic carbocycles. The second-order valence-corrected chi connectivity index (χ2v) is 6.21. The molecular weight excluding hydrogens is 274 g/mol. The molecule has 0 aliphatic carbocycles. The van der Waals surface area contributed by atoms with E-state index in [0.29, 0.717) is 13.2 Å². The van der Waals surface area contributed by atoms with Crippen molar-refractivity contribution < 1.29 is 9.47 Å². The maximum atomic E-state index is 6.07. The fraction of sp³-hybridized carbons (Fsp3) is 0.625. The molecule has 0 heterocycles. The number of nitrogens with one attached hydrogen (secondary N) is 1. The summed E-state index contributed by atoms with van der Waals surface area (Å²) in [5, 5.41) is 4.10. The Labute approximate surface area is 127 Å². The topological polar surface area (TPSA) is 30.5 Å². The molecule has 0 radical (unpaired) electrons. The summed E-state index contributed by atoms with van der Waals surface area (Å²) in [6, 6.07) is 5.93. The van der Waals surface area contributed by atoms with Crippen molar-refractivity contribution in [1.29, 1.82) is 0 Å². The second kappa shape index (κ2) is 7.87. The third-order valence-electron chi connectivity index (χ3n) is 2.82. The number of halogens is 1. The van der Waals surface area contributed by atoms with E-state index < -0.39 is 0 Å². The molecule has 114 valence electrons. The fourth-order valence-corrected chi connectivity index (χ4v) is 2.09. The van der Waals surface area contributed by atoms with Crippen LogP contribution in [-0.2, 0) is 4.74 Å². The van der Waals surface area contributed by atoms with Crippen molar-refractivity contribution in [2.45, 2.75) is 46.3 Å². The van der Waals surface area contributed by atoms with Crippen molar-refractivity contribution >= 4 is 11.6 Å². The highest BCUT2D eigenvalue weighted by atomic mass is 35.5. The third-order valence-corrected chi connectivity index (χ3v) is 3.06. The molecule has 0 aliphatic heterocycles. The first kappa shape index (κ1) is 17.3. The van der Waals surface area contributed by atoms with Gasteiger partial charge in [0.25, 0.3) is 0 Å². The Morgan fingerprint density at radius 2 is 1.95 bits per heavy atom. The lowest BCUT2D eigenvalue weighted by Gasteiger charge is -2.21. The van der Waals surface area contributed by atoms with Crippen molar-refractivity contribution in [3.8, 4) is 5.75 Å². The van der Waals surface area contributed by atoms with Crippen LogP contribution in [0.4, 0.5) is 0 Å². The summed E-state index contributed by atoms with van der Waals surface area (Å²) in [5.74, 6) is 0.861. The zero-order valence-corrected chi connectivity index (χ0v) is 13.9. The monoisotopic (exact) mass is 299 g/mol. The predicted octanol–water partition coefficient (Wildman–Crippen LogP) is 4.20. The SMILES string of the molecule is CCNC(C)c1cc(Cl)ccc1OCCOC(C)(C)C. The summed E-state index contributed by atoms with van der Waals surface area (Å²) < 4.78 is 11.5. The Bertz CT molecular complexity index is 415. The first-order valence-electron chi connectivity index (χ1n) is 7.13. The molecule has 0 aromatic heterocycles. The minimum absolute atomic E-state index is 0.136. The summed E-state index contributed by atoms with van der Waals surface area (Å²) in [6.45, 7) is 12.3. The highest BCUT2D eigenvalue weighted by Gasteiger charge is 2.13. The molecule has 0 bridgehead atoms. The largest absolute Gasteiger partial charge is 0.491 e. The first-order valence-corrected chi connectivity index (χ1v) is 7.51. The van der Waals surface area contributed by atoms with Crippen LogP contribution in [0, 0.1) is 0 Å². The van der Waals surface area contributed by atoms with E-state index in [0.717, 1.165) is 22.9 Å². The van der Waals surface area contributed by atoms with E-state index in [1.165, 1.54) is 0 Å². The molecule has 1 aromatic rings. The van der Waals surface area contributed by atoms with Crippen molar-refractivity contribution in [1.82, 2.24) is 5.32 Å². The lowest BCUT2D eigenvalue weighted by Crippen LogP contribution is -2.23. The van der Waals surface area contributed by atoms with Crippen LogP contribution in [0.25, 0.3) is 0 Å². The molecule has 0 saturated heterocycles. The molecule has 0 spiro atoms. The Balaban J connectivity index is 2.64. The van der Waals surface area contributed by atoms with Crippen LogP contribution < -0.4 is 10.1 Å². The molecule has 3 nitrogen and oxygen atoms in total. The summed E-state index contributed by atoms with van der Waals surface area (Å²) in [4.78, 5) is 0. The number of ether oxygens (including phenoxy) is 2. The first-order chi connectivity index (χ1) is 9.33. The number of hydrogen-bond acceptors (Lipinski definition) is 3. The maximum Gasteiger partial charge on any atom is 0.124 e. The Morgan fingerprint density at radius 1 is 1.25 bits per heavy atom. The highest BCUT2D eigenvalue weighted by Crippen LogP contribution is 2.28. The standard InChI is InChI=1S/C16H26ClNO2/c1-6-18-12(2)14-11-13(17)7-8-15(14)19-9-10-20-16(3,4)5/h7-8,11-12,18H,6,9-10H2,1-5H3. The minimum Gasteiger partial charge on any atom is -0.491 e. The molecule has 0 aliphatic rings. The van der Waals surface area contributed by atoms with Gasteiger partial charge in [-0.05, 0) is 52.4 Å². The summed E-state index contributed by atoms with van der Waals surface area (Å²) in [6.07, 6.45) is 0. The molecule has 1 unspecified atom stereocenters. The van der Waals surface area contributed by atoms with Gasteiger partial charge in [-0.2, -0.15) is 0 Å². The molecule has 1 rings (SSSR count). The second-order valence-electron chi connectivity index (χ2n) is 5.77. The van der Waals surface area contributed by atoms with Crippen molar-refractivity contribution in [2.24, 2.45) is 0 Å². The van der Waals surface area contributed by atoms with E-state index >= 15 is 0 Å². The average molecular weight is 300 g/mol. The molecule has 0 amide bonds. The zero-order chi connectivity index (χ0) is 15.2. The Hall–Kier alpha value is -0.770. The van der Waals surface area contributed by atoms with E-state index in [-0.39, 0.29) is 11.6 Å². The minimum atomic E-state index is -0.136. The quantitative estimate of drug-likeness (QED) is 0.765. The van der Waals surface area contributed by atoms with E-state index in [1.807, 2.05) is 39.0 Å². The van der Waals surface area contributed by atoms with E-state index in [9.17, 15) is 0 Å². The van der Waals surface area contributed by atoms with Crippen LogP contribution in [0.2, 0.25) is 5.02 Å². The highest BCUT2D eigenvalue weighted by molar-refractivity contribution is 6.30. The van der Waals surface area contributed by atoms with Crippen molar-refractivity contribution in [3.05, 3.63) is 28.8 Å². The predicted molar refractivity (Wildman–Crippen MR) is 84.7 cm³/mol. The molecule has 20 heavy (non-hydrogen) atoms. The number of hydrogen-bond donors (Lipinski definition) is 1. The Morgan fingerprint density at radius 3 is 2.55 bits per heavy atom. The fourth-order valence-electron chi connectivity index (χ4n) is 1.90. The smallest absolute Gasteiger partial charge is 0.124 e. The van der Waals surface area contributed by atoms with Gasteiger partial charge >= 0.3 is 0 Å². The van der Waals surface area contributed by atoms with Gasteiger partial charge in [-0.15, -0.1) is 0 Å². The number of rotatable bonds is 7. The number of benzene rings is 1. The van der Waals surface area contributed by atoms with Crippen LogP contribution >= 0.6 is 11.6 Å². The zero-order valence-electron chi connectivity index (χ0n) is 13.1. The van der Waals surface area contributed by atoms with Gasteiger partial charge in [0.05, 0.1) is 12.2 Å². The van der Waals surface area contributed by atoms with Gasteiger partial charge in [0, 0.05) is 16.6 Å². The van der Waals surface area contributed by atoms with Gasteiger partial charge in [0.2, 0.25) is 0 Å². The molecule has 0 saturated carbocycles. The van der Waals surface area contributed by atoms with Crippen LogP contribution in [0.3, 0.4) is 0 Å². The normalized spacial score (nSPS) is 13.3. The van der Waals surface area contributed by atoms with Crippen LogP contribution in [0.1, 0.15) is 46.2 Å². The molecule has 1 N–H and O–H groups in total. The molecule has 4 heteroatoms. The van der Waals surface area contributed by atoms with Gasteiger partial charge in [0.15, 0.2) is 0 Å². The maximum absolute atomic E-state index is 6.07. The molecular formula is C16H26ClNO2. The van der Waals surface area contributed by atoms with Gasteiger partial charge in [0.1, 0.15) is 12.4 Å². The molecule has 1 atom stereocenters. The Kier molecular flexibility index (Phi) is 6.80. The van der Waals surface area contributed by atoms with Crippen LogP contribution in [0.15, 0.2) is 18.2 Å². The van der Waals surface area contributed by atoms with E-state index in [2.05, 4.69) is 19.2 Å². The van der Waals surface area contributed by atoms with Crippen LogP contribution in [-0.4, -0.2) is 25.4 Å². The van der Waals surface area contributed by atoms with E-state index in [1.54, 1.807) is 0 Å². The van der Waals surface area contributed by atoms with Gasteiger partial charge in [-0.1, -0.05) is 18.5 Å². The average Bonchev–Trinajstić information content (AvgIpc) is 2.35.